The molecule has 0 aliphatic heterocycles. The lowest BCUT2D eigenvalue weighted by Crippen LogP contribution is -2.37. The molecule has 142 valence electrons. The largest absolute Gasteiger partial charge is 0.353 e. The first kappa shape index (κ1) is 19.4. The molecule has 0 aliphatic carbocycles. The molecule has 1 N–H and O–H groups in total. The van der Waals surface area contributed by atoms with Crippen molar-refractivity contribution in [3.8, 4) is 0 Å². The van der Waals surface area contributed by atoms with Crippen LogP contribution in [0.3, 0.4) is 0 Å². The highest BCUT2D eigenvalue weighted by atomic mass is 32.2. The molecule has 2 atom stereocenters. The predicted molar refractivity (Wildman–Crippen MR) is 108 cm³/mol. The summed E-state index contributed by atoms with van der Waals surface area (Å²) in [4.78, 5) is 21.3. The summed E-state index contributed by atoms with van der Waals surface area (Å²) in [6, 6.07) is 12.4. The van der Waals surface area contributed by atoms with E-state index < -0.39 is 0 Å². The molecule has 0 radical (unpaired) electrons. The van der Waals surface area contributed by atoms with E-state index in [0.29, 0.717) is 10.9 Å². The fourth-order valence-corrected chi connectivity index (χ4v) is 3.62. The number of fused-ring (bicyclic) bond motifs is 1. The first-order chi connectivity index (χ1) is 12.9. The summed E-state index contributed by atoms with van der Waals surface area (Å²) in [6.07, 6.45) is 1.85. The minimum atomic E-state index is -0.275. The quantitative estimate of drug-likeness (QED) is 0.634. The number of rotatable bonds is 7. The van der Waals surface area contributed by atoms with E-state index in [1.807, 2.05) is 52.0 Å². The Labute approximate surface area is 163 Å². The van der Waals surface area contributed by atoms with Gasteiger partial charge in [0.15, 0.2) is 0 Å². The first-order valence-corrected chi connectivity index (χ1v) is 10.0. The lowest BCUT2D eigenvalue weighted by molar-refractivity contribution is -0.120. The molecule has 0 bridgehead atoms. The molecule has 2 heterocycles. The number of carbonyl (C=O) groups is 1. The summed E-state index contributed by atoms with van der Waals surface area (Å²) in [6.45, 7) is 7.81. The number of aromatic nitrogens is 4. The van der Waals surface area contributed by atoms with Crippen LogP contribution in [0.4, 0.5) is 0 Å². The third-order valence-electron chi connectivity index (χ3n) is 4.35. The Balaban J connectivity index is 1.55. The highest BCUT2D eigenvalue weighted by Gasteiger charge is 2.19. The normalized spacial score (nSPS) is 13.5. The second-order valence-electron chi connectivity index (χ2n) is 6.84. The van der Waals surface area contributed by atoms with Crippen LogP contribution in [0.25, 0.3) is 5.78 Å². The maximum atomic E-state index is 12.5. The van der Waals surface area contributed by atoms with Crippen molar-refractivity contribution in [1.82, 2.24) is 24.9 Å². The average molecular weight is 384 g/mol. The van der Waals surface area contributed by atoms with Crippen LogP contribution in [0.1, 0.15) is 37.2 Å². The maximum absolute atomic E-state index is 12.5. The number of aryl methyl sites for hydroxylation is 3. The molecular weight excluding hydrogens is 358 g/mol. The van der Waals surface area contributed by atoms with Crippen molar-refractivity contribution < 1.29 is 4.79 Å². The zero-order valence-corrected chi connectivity index (χ0v) is 17.0. The van der Waals surface area contributed by atoms with E-state index in [1.54, 1.807) is 4.52 Å². The van der Waals surface area contributed by atoms with Crippen molar-refractivity contribution in [2.45, 2.75) is 57.0 Å². The summed E-state index contributed by atoms with van der Waals surface area (Å²) in [7, 11) is 0. The number of carbonyl (C=O) groups excluding carboxylic acids is 1. The molecule has 6 nitrogen and oxygen atoms in total. The topological polar surface area (TPSA) is 72.2 Å². The van der Waals surface area contributed by atoms with Gasteiger partial charge in [0.25, 0.3) is 5.78 Å². The zero-order valence-electron chi connectivity index (χ0n) is 16.1. The van der Waals surface area contributed by atoms with E-state index in [0.717, 1.165) is 24.2 Å². The molecule has 7 heteroatoms. The number of nitrogens with zero attached hydrogens (tertiary/aromatic N) is 4. The monoisotopic (exact) mass is 383 g/mol. The van der Waals surface area contributed by atoms with E-state index in [2.05, 4.69) is 32.5 Å². The van der Waals surface area contributed by atoms with Gasteiger partial charge in [0.05, 0.1) is 5.25 Å². The van der Waals surface area contributed by atoms with Gasteiger partial charge in [-0.3, -0.25) is 4.79 Å². The van der Waals surface area contributed by atoms with Crippen molar-refractivity contribution in [3.05, 3.63) is 53.3 Å². The Morgan fingerprint density at radius 2 is 1.93 bits per heavy atom. The van der Waals surface area contributed by atoms with Crippen molar-refractivity contribution in [2.24, 2.45) is 0 Å². The Hall–Kier alpha value is -2.41. The molecule has 0 saturated carbocycles. The Bertz CT molecular complexity index is 925. The third-order valence-corrected chi connectivity index (χ3v) is 5.30. The molecule has 0 unspecified atom stereocenters. The molecule has 0 aliphatic rings. The van der Waals surface area contributed by atoms with Crippen LogP contribution in [-0.2, 0) is 11.2 Å². The maximum Gasteiger partial charge on any atom is 0.253 e. The van der Waals surface area contributed by atoms with Gasteiger partial charge in [-0.2, -0.15) is 4.98 Å². The highest BCUT2D eigenvalue weighted by Crippen LogP contribution is 2.21. The van der Waals surface area contributed by atoms with Crippen LogP contribution in [0.2, 0.25) is 0 Å². The lowest BCUT2D eigenvalue weighted by atomic mass is 10.1. The number of nitrogens with one attached hydrogen (secondary N) is 1. The van der Waals surface area contributed by atoms with Crippen molar-refractivity contribution in [2.75, 3.05) is 0 Å². The summed E-state index contributed by atoms with van der Waals surface area (Å²) < 4.78 is 1.71. The predicted octanol–water partition coefficient (Wildman–Crippen LogP) is 3.36. The van der Waals surface area contributed by atoms with Gasteiger partial charge in [0.2, 0.25) is 11.1 Å². The van der Waals surface area contributed by atoms with E-state index >= 15 is 0 Å². The third kappa shape index (κ3) is 5.07. The summed E-state index contributed by atoms with van der Waals surface area (Å²) >= 11 is 1.35. The number of hydrogen-bond donors (Lipinski definition) is 1. The van der Waals surface area contributed by atoms with Crippen LogP contribution in [0.15, 0.2) is 41.6 Å². The Morgan fingerprint density at radius 1 is 1.19 bits per heavy atom. The van der Waals surface area contributed by atoms with Crippen molar-refractivity contribution in [3.63, 3.8) is 0 Å². The highest BCUT2D eigenvalue weighted by molar-refractivity contribution is 8.00. The smallest absolute Gasteiger partial charge is 0.253 e. The SMILES string of the molecule is Cc1cc(C)n2nc(S[C@H](C)C(=O)N[C@H](C)CCc3ccccc3)nc2n1. The fourth-order valence-electron chi connectivity index (χ4n) is 2.87. The molecule has 3 rings (SSSR count). The minimum absolute atomic E-state index is 0.000259. The van der Waals surface area contributed by atoms with Crippen molar-refractivity contribution in [1.29, 1.82) is 0 Å². The number of hydrogen-bond acceptors (Lipinski definition) is 5. The Morgan fingerprint density at radius 3 is 2.67 bits per heavy atom. The van der Waals surface area contributed by atoms with Crippen LogP contribution < -0.4 is 5.32 Å². The van der Waals surface area contributed by atoms with Crippen LogP contribution in [0.5, 0.6) is 0 Å². The molecule has 3 aromatic rings. The van der Waals surface area contributed by atoms with Crippen molar-refractivity contribution >= 4 is 23.4 Å². The van der Waals surface area contributed by atoms with Crippen LogP contribution in [0, 0.1) is 13.8 Å². The number of benzene rings is 1. The molecule has 0 spiro atoms. The van der Waals surface area contributed by atoms with E-state index in [-0.39, 0.29) is 17.2 Å². The average Bonchev–Trinajstić information content (AvgIpc) is 3.03. The summed E-state index contributed by atoms with van der Waals surface area (Å²) in [5, 5.41) is 7.83. The van der Waals surface area contributed by atoms with Crippen LogP contribution >= 0.6 is 11.8 Å². The van der Waals surface area contributed by atoms with Gasteiger partial charge in [-0.05, 0) is 52.2 Å². The van der Waals surface area contributed by atoms with Gasteiger partial charge >= 0.3 is 0 Å². The van der Waals surface area contributed by atoms with Gasteiger partial charge in [0, 0.05) is 17.4 Å². The van der Waals surface area contributed by atoms with Gasteiger partial charge in [-0.15, -0.1) is 5.10 Å². The lowest BCUT2D eigenvalue weighted by Gasteiger charge is -2.16. The van der Waals surface area contributed by atoms with Gasteiger partial charge < -0.3 is 5.32 Å². The van der Waals surface area contributed by atoms with Gasteiger partial charge in [0.1, 0.15) is 0 Å². The first-order valence-electron chi connectivity index (χ1n) is 9.14. The summed E-state index contributed by atoms with van der Waals surface area (Å²) in [5.41, 5.74) is 3.17. The second kappa shape index (κ2) is 8.52. The van der Waals surface area contributed by atoms with Gasteiger partial charge in [-0.25, -0.2) is 9.50 Å². The Kier molecular flexibility index (Phi) is 6.11. The molecular formula is C20H25N5OS. The molecule has 2 aromatic heterocycles. The van der Waals surface area contributed by atoms with E-state index in [1.165, 1.54) is 17.3 Å². The minimum Gasteiger partial charge on any atom is -0.353 e. The van der Waals surface area contributed by atoms with E-state index in [9.17, 15) is 4.79 Å². The van der Waals surface area contributed by atoms with Crippen LogP contribution in [-0.4, -0.2) is 36.8 Å². The zero-order chi connectivity index (χ0) is 19.4. The summed E-state index contributed by atoms with van der Waals surface area (Å²) in [5.74, 6) is 0.569. The second-order valence-corrected chi connectivity index (χ2v) is 8.15. The van der Waals surface area contributed by atoms with Gasteiger partial charge in [-0.1, -0.05) is 42.1 Å². The van der Waals surface area contributed by atoms with E-state index in [4.69, 9.17) is 0 Å². The fraction of sp³-hybridized carbons (Fsp3) is 0.400. The number of thioether (sulfide) groups is 1. The number of amides is 1. The molecule has 27 heavy (non-hydrogen) atoms. The molecule has 0 saturated heterocycles. The molecule has 1 aromatic carbocycles. The molecule has 0 fully saturated rings. The standard InChI is InChI=1S/C20H25N5OS/c1-13(10-11-17-8-6-5-7-9-17)21-18(26)16(4)27-20-23-19-22-14(2)12-15(3)25(19)24-20/h5-9,12-13,16H,10-11H2,1-4H3,(H,21,26)/t13-,16-/m1/s1. The molecule has 1 amide bonds.